The predicted octanol–water partition coefficient (Wildman–Crippen LogP) is 3.07. The van der Waals surface area contributed by atoms with Crippen LogP contribution >= 0.6 is 0 Å². The molecule has 1 aliphatic carbocycles. The molecule has 0 radical (unpaired) electrons. The van der Waals surface area contributed by atoms with E-state index in [2.05, 4.69) is 24.3 Å². The van der Waals surface area contributed by atoms with E-state index in [0.717, 1.165) is 25.7 Å². The summed E-state index contributed by atoms with van der Waals surface area (Å²) < 4.78 is 1.83. The van der Waals surface area contributed by atoms with Gasteiger partial charge in [0.2, 0.25) is 0 Å². The molecule has 1 aliphatic rings. The van der Waals surface area contributed by atoms with Crippen LogP contribution in [0.15, 0.2) is 12.4 Å². The van der Waals surface area contributed by atoms with Crippen LogP contribution in [-0.2, 0) is 13.5 Å². The van der Waals surface area contributed by atoms with Gasteiger partial charge in [0.1, 0.15) is 0 Å². The molecule has 2 rings (SSSR count). The maximum absolute atomic E-state index is 9.47. The predicted molar refractivity (Wildman–Crippen MR) is 67.2 cm³/mol. The van der Waals surface area contributed by atoms with Crippen molar-refractivity contribution in [1.29, 1.82) is 5.26 Å². The van der Waals surface area contributed by atoms with Gasteiger partial charge < -0.3 is 0 Å². The van der Waals surface area contributed by atoms with E-state index in [1.165, 1.54) is 18.4 Å². The lowest BCUT2D eigenvalue weighted by molar-refractivity contribution is 0.197. The van der Waals surface area contributed by atoms with Gasteiger partial charge in [-0.2, -0.15) is 10.4 Å². The number of aryl methyl sites for hydroxylation is 2. The second kappa shape index (κ2) is 4.91. The topological polar surface area (TPSA) is 41.6 Å². The fourth-order valence-corrected chi connectivity index (χ4v) is 3.03. The Kier molecular flexibility index (Phi) is 3.51. The molecule has 2 atom stereocenters. The molecule has 0 aliphatic heterocycles. The molecule has 1 fully saturated rings. The van der Waals surface area contributed by atoms with Gasteiger partial charge in [-0.1, -0.05) is 19.8 Å². The van der Waals surface area contributed by atoms with Crippen LogP contribution < -0.4 is 0 Å². The molecule has 1 aromatic rings. The molecule has 0 saturated heterocycles. The number of nitriles is 1. The van der Waals surface area contributed by atoms with Gasteiger partial charge in [-0.25, -0.2) is 0 Å². The maximum atomic E-state index is 9.47. The summed E-state index contributed by atoms with van der Waals surface area (Å²) >= 11 is 0. The van der Waals surface area contributed by atoms with Crippen molar-refractivity contribution in [2.45, 2.75) is 45.4 Å². The normalized spacial score (nSPS) is 28.9. The number of hydrogen-bond acceptors (Lipinski definition) is 2. The zero-order valence-electron chi connectivity index (χ0n) is 10.8. The van der Waals surface area contributed by atoms with Crippen LogP contribution in [0.2, 0.25) is 0 Å². The van der Waals surface area contributed by atoms with Gasteiger partial charge in [0, 0.05) is 13.2 Å². The SMILES string of the molecule is CC1CCCC(C#N)(CCc2cnn(C)c2)C1. The average molecular weight is 231 g/mol. The van der Waals surface area contributed by atoms with Gasteiger partial charge >= 0.3 is 0 Å². The monoisotopic (exact) mass is 231 g/mol. The Hall–Kier alpha value is -1.30. The second-order valence-electron chi connectivity index (χ2n) is 5.62. The van der Waals surface area contributed by atoms with Crippen molar-refractivity contribution in [3.8, 4) is 6.07 Å². The van der Waals surface area contributed by atoms with E-state index in [4.69, 9.17) is 0 Å². The third kappa shape index (κ3) is 2.88. The van der Waals surface area contributed by atoms with Crippen molar-refractivity contribution < 1.29 is 0 Å². The summed E-state index contributed by atoms with van der Waals surface area (Å²) in [5.74, 6) is 0.706. The summed E-state index contributed by atoms with van der Waals surface area (Å²) in [5.41, 5.74) is 1.17. The third-order valence-corrected chi connectivity index (χ3v) is 3.98. The van der Waals surface area contributed by atoms with Crippen LogP contribution in [0.25, 0.3) is 0 Å². The summed E-state index contributed by atoms with van der Waals surface area (Å²) in [5, 5.41) is 13.6. The van der Waals surface area contributed by atoms with Crippen molar-refractivity contribution in [2.24, 2.45) is 18.4 Å². The fourth-order valence-electron chi connectivity index (χ4n) is 3.03. The third-order valence-electron chi connectivity index (χ3n) is 3.98. The van der Waals surface area contributed by atoms with E-state index in [1.54, 1.807) is 0 Å². The molecule has 17 heavy (non-hydrogen) atoms. The lowest BCUT2D eigenvalue weighted by Gasteiger charge is -2.34. The van der Waals surface area contributed by atoms with Gasteiger partial charge in [-0.15, -0.1) is 0 Å². The van der Waals surface area contributed by atoms with Crippen molar-refractivity contribution in [2.75, 3.05) is 0 Å². The smallest absolute Gasteiger partial charge is 0.0689 e. The molecule has 0 bridgehead atoms. The Bertz CT molecular complexity index is 415. The first-order valence-electron chi connectivity index (χ1n) is 6.52. The maximum Gasteiger partial charge on any atom is 0.0689 e. The Balaban J connectivity index is 1.98. The Morgan fingerprint density at radius 2 is 2.47 bits per heavy atom. The van der Waals surface area contributed by atoms with Crippen LogP contribution in [0.1, 0.15) is 44.6 Å². The number of hydrogen-bond donors (Lipinski definition) is 0. The molecule has 0 N–H and O–H groups in total. The van der Waals surface area contributed by atoms with Crippen LogP contribution in [0, 0.1) is 22.7 Å². The first-order chi connectivity index (χ1) is 8.13. The van der Waals surface area contributed by atoms with Gasteiger partial charge in [-0.05, 0) is 37.2 Å². The Morgan fingerprint density at radius 1 is 1.65 bits per heavy atom. The lowest BCUT2D eigenvalue weighted by atomic mass is 9.68. The van der Waals surface area contributed by atoms with Crippen molar-refractivity contribution in [3.63, 3.8) is 0 Å². The van der Waals surface area contributed by atoms with Crippen molar-refractivity contribution in [3.05, 3.63) is 18.0 Å². The number of aromatic nitrogens is 2. The van der Waals surface area contributed by atoms with E-state index in [1.807, 2.05) is 17.9 Å². The average Bonchev–Trinajstić information content (AvgIpc) is 2.73. The van der Waals surface area contributed by atoms with Gasteiger partial charge in [0.15, 0.2) is 0 Å². The van der Waals surface area contributed by atoms with Crippen LogP contribution in [0.3, 0.4) is 0 Å². The molecule has 0 spiro atoms. The first kappa shape index (κ1) is 12.2. The Labute approximate surface area is 103 Å². The number of nitrogens with zero attached hydrogens (tertiary/aromatic N) is 3. The molecule has 1 saturated carbocycles. The highest BCUT2D eigenvalue weighted by atomic mass is 15.2. The minimum absolute atomic E-state index is 0.0759. The fraction of sp³-hybridized carbons (Fsp3) is 0.714. The van der Waals surface area contributed by atoms with Crippen LogP contribution in [0.5, 0.6) is 0 Å². The molecule has 3 nitrogen and oxygen atoms in total. The van der Waals surface area contributed by atoms with Gasteiger partial charge in [0.05, 0.1) is 17.7 Å². The van der Waals surface area contributed by atoms with Gasteiger partial charge in [0.25, 0.3) is 0 Å². The highest BCUT2D eigenvalue weighted by molar-refractivity contribution is 5.08. The van der Waals surface area contributed by atoms with E-state index in [9.17, 15) is 5.26 Å². The molecular formula is C14H21N3. The zero-order chi connectivity index (χ0) is 12.3. The van der Waals surface area contributed by atoms with Crippen molar-refractivity contribution in [1.82, 2.24) is 9.78 Å². The summed E-state index contributed by atoms with van der Waals surface area (Å²) in [7, 11) is 1.94. The second-order valence-corrected chi connectivity index (χ2v) is 5.62. The highest BCUT2D eigenvalue weighted by Gasteiger charge is 2.34. The lowest BCUT2D eigenvalue weighted by Crippen LogP contribution is -2.26. The minimum atomic E-state index is -0.0759. The number of rotatable bonds is 3. The van der Waals surface area contributed by atoms with Crippen molar-refractivity contribution >= 4 is 0 Å². The van der Waals surface area contributed by atoms with E-state index >= 15 is 0 Å². The quantitative estimate of drug-likeness (QED) is 0.802. The van der Waals surface area contributed by atoms with E-state index in [0.29, 0.717) is 5.92 Å². The summed E-state index contributed by atoms with van der Waals surface area (Å²) in [6.07, 6.45) is 10.6. The highest BCUT2D eigenvalue weighted by Crippen LogP contribution is 2.42. The first-order valence-corrected chi connectivity index (χ1v) is 6.52. The molecule has 1 aromatic heterocycles. The van der Waals surface area contributed by atoms with E-state index in [-0.39, 0.29) is 5.41 Å². The molecule has 0 amide bonds. The van der Waals surface area contributed by atoms with Crippen LogP contribution in [-0.4, -0.2) is 9.78 Å². The Morgan fingerprint density at radius 3 is 3.06 bits per heavy atom. The van der Waals surface area contributed by atoms with E-state index < -0.39 is 0 Å². The molecule has 1 heterocycles. The summed E-state index contributed by atoms with van der Waals surface area (Å²) in [6.45, 7) is 2.27. The van der Waals surface area contributed by atoms with Crippen LogP contribution in [0.4, 0.5) is 0 Å². The summed E-state index contributed by atoms with van der Waals surface area (Å²) in [4.78, 5) is 0. The molecule has 0 aromatic carbocycles. The standard InChI is InChI=1S/C14H21N3/c1-12-4-3-6-14(8-12,11-15)7-5-13-9-16-17(2)10-13/h9-10,12H,3-8H2,1-2H3. The van der Waals surface area contributed by atoms with Gasteiger partial charge in [-0.3, -0.25) is 4.68 Å². The summed E-state index contributed by atoms with van der Waals surface area (Å²) in [6, 6.07) is 2.60. The zero-order valence-corrected chi connectivity index (χ0v) is 10.8. The molecular weight excluding hydrogens is 210 g/mol. The minimum Gasteiger partial charge on any atom is -0.276 e. The molecule has 2 unspecified atom stereocenters. The largest absolute Gasteiger partial charge is 0.276 e. The molecule has 3 heteroatoms. The molecule has 92 valence electrons.